The molecule has 2 atom stereocenters. The van der Waals surface area contributed by atoms with Crippen LogP contribution in [0.15, 0.2) is 48.5 Å². The van der Waals surface area contributed by atoms with E-state index in [4.69, 9.17) is 0 Å². The maximum absolute atomic E-state index is 15.0. The van der Waals surface area contributed by atoms with Crippen LogP contribution in [0.25, 0.3) is 21.6 Å². The Hall–Kier alpha value is -2.00. The molecule has 0 bridgehead atoms. The molecule has 2 unspecified atom stereocenters. The van der Waals surface area contributed by atoms with Gasteiger partial charge in [-0.25, -0.2) is 8.78 Å². The van der Waals surface area contributed by atoms with Crippen molar-refractivity contribution in [1.29, 1.82) is 0 Å². The van der Waals surface area contributed by atoms with Gasteiger partial charge in [0.2, 0.25) is 0 Å². The Kier molecular flexibility index (Phi) is 7.22. The summed E-state index contributed by atoms with van der Waals surface area (Å²) in [6, 6.07) is 15.3. The van der Waals surface area contributed by atoms with Gasteiger partial charge in [-0.1, -0.05) is 69.9 Å². The molecule has 0 amide bonds. The van der Waals surface area contributed by atoms with Crippen molar-refractivity contribution in [3.63, 3.8) is 0 Å². The van der Waals surface area contributed by atoms with Gasteiger partial charge in [0.25, 0.3) is 0 Å². The van der Waals surface area contributed by atoms with Crippen molar-refractivity contribution in [3.8, 4) is 21.6 Å². The second kappa shape index (κ2) is 10.1. The van der Waals surface area contributed by atoms with Crippen LogP contribution in [-0.2, 0) is 12.8 Å². The van der Waals surface area contributed by atoms with Crippen LogP contribution in [0.5, 0.6) is 0 Å². The maximum atomic E-state index is 15.0. The highest BCUT2D eigenvalue weighted by atomic mass is 32.1. The summed E-state index contributed by atoms with van der Waals surface area (Å²) in [5.41, 5.74) is 2.64. The van der Waals surface area contributed by atoms with Crippen molar-refractivity contribution in [2.24, 2.45) is 11.8 Å². The standard InChI is InChI=1S/C28H32F2S/c1-3-5-19-9-11-22(12-10-19)24-14-15-25(28(30)27(24)29)26-16-13-23(31-26)18-21-8-7-20(17-21)6-4-2/h9-16,20-21H,3-8,17-18H2,1-2H3. The van der Waals surface area contributed by atoms with Crippen LogP contribution >= 0.6 is 11.3 Å². The van der Waals surface area contributed by atoms with Gasteiger partial charge < -0.3 is 0 Å². The normalized spacial score (nSPS) is 18.6. The van der Waals surface area contributed by atoms with E-state index in [1.807, 2.05) is 30.3 Å². The van der Waals surface area contributed by atoms with E-state index >= 15 is 4.39 Å². The summed E-state index contributed by atoms with van der Waals surface area (Å²) in [7, 11) is 0. The Morgan fingerprint density at radius 3 is 2.26 bits per heavy atom. The summed E-state index contributed by atoms with van der Waals surface area (Å²) in [6.07, 6.45) is 9.70. The Labute approximate surface area is 189 Å². The third-order valence-electron chi connectivity index (χ3n) is 6.65. The fourth-order valence-electron chi connectivity index (χ4n) is 5.05. The van der Waals surface area contributed by atoms with Gasteiger partial charge >= 0.3 is 0 Å². The molecule has 0 N–H and O–H groups in total. The zero-order valence-corrected chi connectivity index (χ0v) is 19.4. The van der Waals surface area contributed by atoms with Crippen molar-refractivity contribution in [2.45, 2.75) is 65.2 Å². The molecule has 0 nitrogen and oxygen atoms in total. The van der Waals surface area contributed by atoms with Crippen LogP contribution in [0.2, 0.25) is 0 Å². The summed E-state index contributed by atoms with van der Waals surface area (Å²) in [5, 5.41) is 0. The highest BCUT2D eigenvalue weighted by Gasteiger charge is 2.25. The number of benzene rings is 2. The van der Waals surface area contributed by atoms with Gasteiger partial charge in [-0.3, -0.25) is 0 Å². The summed E-state index contributed by atoms with van der Waals surface area (Å²) in [5.74, 6) is 0.119. The first-order valence-corrected chi connectivity index (χ1v) is 12.6. The molecule has 0 radical (unpaired) electrons. The van der Waals surface area contributed by atoms with Gasteiger partial charge in [-0.15, -0.1) is 11.3 Å². The van der Waals surface area contributed by atoms with Crippen LogP contribution in [0.3, 0.4) is 0 Å². The lowest BCUT2D eigenvalue weighted by Gasteiger charge is -2.10. The minimum Gasteiger partial charge on any atom is -0.203 e. The molecule has 1 heterocycles. The van der Waals surface area contributed by atoms with Crippen molar-refractivity contribution < 1.29 is 8.78 Å². The quantitative estimate of drug-likeness (QED) is 0.329. The van der Waals surface area contributed by atoms with Crippen molar-refractivity contribution in [1.82, 2.24) is 0 Å². The molecule has 1 fully saturated rings. The smallest absolute Gasteiger partial charge is 0.168 e. The largest absolute Gasteiger partial charge is 0.203 e. The third-order valence-corrected chi connectivity index (χ3v) is 7.79. The molecule has 3 aromatic rings. The Balaban J connectivity index is 1.50. The lowest BCUT2D eigenvalue weighted by atomic mass is 9.98. The fraction of sp³-hybridized carbons (Fsp3) is 0.429. The number of hydrogen-bond acceptors (Lipinski definition) is 1. The van der Waals surface area contributed by atoms with E-state index in [-0.39, 0.29) is 0 Å². The molecule has 1 saturated carbocycles. The minimum atomic E-state index is -0.756. The van der Waals surface area contributed by atoms with Crippen LogP contribution < -0.4 is 0 Å². The van der Waals surface area contributed by atoms with E-state index in [0.717, 1.165) is 41.5 Å². The lowest BCUT2D eigenvalue weighted by Crippen LogP contribution is -1.99. The topological polar surface area (TPSA) is 0 Å². The first-order chi connectivity index (χ1) is 15.1. The molecule has 2 aromatic carbocycles. The predicted octanol–water partition coefficient (Wildman–Crippen LogP) is 9.07. The number of hydrogen-bond donors (Lipinski definition) is 0. The molecule has 4 rings (SSSR count). The van der Waals surface area contributed by atoms with E-state index < -0.39 is 11.6 Å². The SMILES string of the molecule is CCCc1ccc(-c2ccc(-c3ccc(CC4CCC(CCC)C4)s3)c(F)c2F)cc1. The minimum absolute atomic E-state index is 0.328. The van der Waals surface area contributed by atoms with Crippen molar-refractivity contribution >= 4 is 11.3 Å². The molecule has 0 saturated heterocycles. The van der Waals surface area contributed by atoms with Gasteiger partial charge in [-0.05, 0) is 66.8 Å². The maximum Gasteiger partial charge on any atom is 0.168 e. The second-order valence-corrected chi connectivity index (χ2v) is 10.2. The van der Waals surface area contributed by atoms with E-state index in [9.17, 15) is 4.39 Å². The summed E-state index contributed by atoms with van der Waals surface area (Å²) >= 11 is 1.61. The molecule has 31 heavy (non-hydrogen) atoms. The molecule has 1 aliphatic rings. The molecular formula is C28H32F2S. The number of aryl methyl sites for hydroxylation is 1. The second-order valence-electron chi connectivity index (χ2n) is 9.04. The van der Waals surface area contributed by atoms with E-state index in [1.54, 1.807) is 23.5 Å². The van der Waals surface area contributed by atoms with Gasteiger partial charge in [0, 0.05) is 20.9 Å². The molecule has 0 spiro atoms. The van der Waals surface area contributed by atoms with Gasteiger partial charge in [0.15, 0.2) is 11.6 Å². The number of rotatable bonds is 8. The first kappa shape index (κ1) is 22.2. The zero-order chi connectivity index (χ0) is 21.8. The van der Waals surface area contributed by atoms with Crippen LogP contribution in [0.1, 0.15) is 62.8 Å². The third kappa shape index (κ3) is 5.09. The van der Waals surface area contributed by atoms with Crippen LogP contribution in [-0.4, -0.2) is 0 Å². The zero-order valence-electron chi connectivity index (χ0n) is 18.6. The lowest BCUT2D eigenvalue weighted by molar-refractivity contribution is 0.460. The molecular weight excluding hydrogens is 406 g/mol. The monoisotopic (exact) mass is 438 g/mol. The summed E-state index contributed by atoms with van der Waals surface area (Å²) in [6.45, 7) is 4.40. The number of thiophene rings is 1. The van der Waals surface area contributed by atoms with Crippen molar-refractivity contribution in [2.75, 3.05) is 0 Å². The Morgan fingerprint density at radius 2 is 1.52 bits per heavy atom. The summed E-state index contributed by atoms with van der Waals surface area (Å²) in [4.78, 5) is 2.10. The van der Waals surface area contributed by atoms with E-state index in [1.165, 1.54) is 42.5 Å². The van der Waals surface area contributed by atoms with Crippen molar-refractivity contribution in [3.05, 3.63) is 70.6 Å². The Bertz CT molecular complexity index is 1000. The number of halogens is 2. The fourth-order valence-corrected chi connectivity index (χ4v) is 6.19. The van der Waals surface area contributed by atoms with Crippen LogP contribution in [0, 0.1) is 23.5 Å². The molecule has 164 valence electrons. The molecule has 1 aromatic heterocycles. The average molecular weight is 439 g/mol. The highest BCUT2D eigenvalue weighted by molar-refractivity contribution is 7.15. The molecule has 0 aliphatic heterocycles. The van der Waals surface area contributed by atoms with Gasteiger partial charge in [-0.2, -0.15) is 0 Å². The van der Waals surface area contributed by atoms with Gasteiger partial charge in [0.1, 0.15) is 0 Å². The predicted molar refractivity (Wildman–Crippen MR) is 129 cm³/mol. The van der Waals surface area contributed by atoms with Gasteiger partial charge in [0.05, 0.1) is 0 Å². The Morgan fingerprint density at radius 1 is 0.806 bits per heavy atom. The molecule has 1 aliphatic carbocycles. The highest BCUT2D eigenvalue weighted by Crippen LogP contribution is 2.39. The van der Waals surface area contributed by atoms with E-state index in [2.05, 4.69) is 19.9 Å². The summed E-state index contributed by atoms with van der Waals surface area (Å²) < 4.78 is 30.0. The van der Waals surface area contributed by atoms with E-state index in [0.29, 0.717) is 11.1 Å². The average Bonchev–Trinajstić information content (AvgIpc) is 3.41. The first-order valence-electron chi connectivity index (χ1n) is 11.7. The molecule has 3 heteroatoms. The van der Waals surface area contributed by atoms with Crippen LogP contribution in [0.4, 0.5) is 8.78 Å².